The van der Waals surface area contributed by atoms with E-state index in [1.54, 1.807) is 0 Å². The Kier molecular flexibility index (Phi) is 3.99. The molecule has 5 heterocycles. The predicted octanol–water partition coefficient (Wildman–Crippen LogP) is 3.26. The number of benzene rings is 1. The zero-order chi connectivity index (χ0) is 21.3. The summed E-state index contributed by atoms with van der Waals surface area (Å²) < 4.78 is 7.69. The number of anilines is 1. The van der Waals surface area contributed by atoms with Gasteiger partial charge < -0.3 is 18.6 Å². The second-order valence-corrected chi connectivity index (χ2v) is 9.03. The zero-order valence-electron chi connectivity index (χ0n) is 18.0. The first-order valence-corrected chi connectivity index (χ1v) is 10.8. The van der Waals surface area contributed by atoms with Crippen molar-refractivity contribution < 1.29 is 4.42 Å². The van der Waals surface area contributed by atoms with E-state index in [-0.39, 0.29) is 5.63 Å². The van der Waals surface area contributed by atoms with Crippen LogP contribution in [-0.2, 0) is 0 Å². The molecule has 7 heteroatoms. The smallest absolute Gasteiger partial charge is 0.345 e. The second kappa shape index (κ2) is 6.65. The van der Waals surface area contributed by atoms with E-state index in [1.165, 1.54) is 13.0 Å². The molecule has 0 bridgehead atoms. The van der Waals surface area contributed by atoms with Gasteiger partial charge in [0.2, 0.25) is 0 Å². The number of imidazole rings is 1. The Balaban J connectivity index is 1.40. The van der Waals surface area contributed by atoms with Crippen molar-refractivity contribution in [3.05, 3.63) is 58.5 Å². The highest BCUT2D eigenvalue weighted by Gasteiger charge is 2.40. The van der Waals surface area contributed by atoms with Crippen LogP contribution in [0.15, 0.2) is 45.9 Å². The fourth-order valence-corrected chi connectivity index (χ4v) is 5.38. The van der Waals surface area contributed by atoms with Gasteiger partial charge in [-0.15, -0.1) is 0 Å². The van der Waals surface area contributed by atoms with Gasteiger partial charge in [-0.2, -0.15) is 0 Å². The Morgan fingerprint density at radius 1 is 1.10 bits per heavy atom. The number of hydrogen-bond donors (Lipinski definition) is 0. The van der Waals surface area contributed by atoms with Gasteiger partial charge >= 0.3 is 5.63 Å². The van der Waals surface area contributed by atoms with Crippen molar-refractivity contribution in [1.29, 1.82) is 0 Å². The van der Waals surface area contributed by atoms with Gasteiger partial charge in [0.1, 0.15) is 5.58 Å². The Morgan fingerprint density at radius 3 is 2.84 bits per heavy atom. The van der Waals surface area contributed by atoms with Crippen molar-refractivity contribution in [3.8, 4) is 11.3 Å². The predicted molar refractivity (Wildman–Crippen MR) is 121 cm³/mol. The van der Waals surface area contributed by atoms with Gasteiger partial charge in [-0.25, -0.2) is 9.78 Å². The lowest BCUT2D eigenvalue weighted by atomic mass is 10.0. The summed E-state index contributed by atoms with van der Waals surface area (Å²) in [6.45, 7) is 7.19. The van der Waals surface area contributed by atoms with E-state index in [9.17, 15) is 4.79 Å². The van der Waals surface area contributed by atoms with Crippen molar-refractivity contribution in [2.45, 2.75) is 26.3 Å². The molecule has 31 heavy (non-hydrogen) atoms. The van der Waals surface area contributed by atoms with Crippen molar-refractivity contribution in [2.24, 2.45) is 5.92 Å². The number of nitrogens with zero attached hydrogens (tertiary/aromatic N) is 5. The summed E-state index contributed by atoms with van der Waals surface area (Å²) in [7, 11) is 2.19. The van der Waals surface area contributed by atoms with Gasteiger partial charge in [-0.1, -0.05) is 0 Å². The first kappa shape index (κ1) is 18.6. The lowest BCUT2D eigenvalue weighted by Gasteiger charge is -2.26. The fraction of sp³-hybridized carbons (Fsp3) is 0.375. The molecule has 158 valence electrons. The standard InChI is InChI=1S/C24H25N5O2/c1-14-10-28-12-20(26-23(28)15(2)25-14)19-8-16-4-5-18(9-22(16)31-24(19)30)29-7-6-17-11-27(3)13-21(17)29/h4-5,8-10,12,17,21H,6-7,11,13H2,1-3H3. The molecule has 4 aromatic rings. The van der Waals surface area contributed by atoms with E-state index in [2.05, 4.69) is 38.9 Å². The summed E-state index contributed by atoms with van der Waals surface area (Å²) >= 11 is 0. The maximum Gasteiger partial charge on any atom is 0.345 e. The molecule has 0 amide bonds. The van der Waals surface area contributed by atoms with E-state index in [4.69, 9.17) is 4.42 Å². The van der Waals surface area contributed by atoms with Crippen LogP contribution in [0.4, 0.5) is 5.69 Å². The molecule has 0 N–H and O–H groups in total. The molecule has 2 fully saturated rings. The molecule has 0 spiro atoms. The zero-order valence-corrected chi connectivity index (χ0v) is 18.0. The van der Waals surface area contributed by atoms with E-state index in [0.29, 0.717) is 22.9 Å². The molecule has 2 atom stereocenters. The molecular formula is C24H25N5O2. The molecule has 2 aliphatic rings. The third-order valence-corrected chi connectivity index (χ3v) is 6.78. The van der Waals surface area contributed by atoms with Crippen molar-refractivity contribution in [3.63, 3.8) is 0 Å². The Hall–Kier alpha value is -3.19. The number of hydrogen-bond acceptors (Lipinski definition) is 6. The average Bonchev–Trinajstić information content (AvgIpc) is 3.40. The van der Waals surface area contributed by atoms with Gasteiger partial charge in [0, 0.05) is 55.2 Å². The first-order valence-electron chi connectivity index (χ1n) is 10.8. The van der Waals surface area contributed by atoms with Gasteiger partial charge in [-0.3, -0.25) is 4.98 Å². The van der Waals surface area contributed by atoms with Crippen LogP contribution in [0.1, 0.15) is 17.8 Å². The molecule has 6 rings (SSSR count). The molecular weight excluding hydrogens is 390 g/mol. The molecule has 1 aromatic carbocycles. The fourth-order valence-electron chi connectivity index (χ4n) is 5.38. The molecule has 7 nitrogen and oxygen atoms in total. The highest BCUT2D eigenvalue weighted by Crippen LogP contribution is 2.35. The third-order valence-electron chi connectivity index (χ3n) is 6.78. The van der Waals surface area contributed by atoms with E-state index in [1.807, 2.05) is 42.8 Å². The van der Waals surface area contributed by atoms with Crippen LogP contribution in [-0.4, -0.2) is 52.0 Å². The number of likely N-dealkylation sites (tertiary alicyclic amines) is 1. The van der Waals surface area contributed by atoms with Gasteiger partial charge in [-0.05, 0) is 51.4 Å². The number of aromatic nitrogens is 3. The molecule has 0 aliphatic carbocycles. The lowest BCUT2D eigenvalue weighted by molar-refractivity contribution is 0.386. The molecule has 0 saturated carbocycles. The lowest BCUT2D eigenvalue weighted by Crippen LogP contribution is -2.34. The molecule has 2 aliphatic heterocycles. The van der Waals surface area contributed by atoms with Crippen molar-refractivity contribution in [1.82, 2.24) is 19.3 Å². The minimum Gasteiger partial charge on any atom is -0.422 e. The minimum absolute atomic E-state index is 0.365. The van der Waals surface area contributed by atoms with Crippen molar-refractivity contribution in [2.75, 3.05) is 31.6 Å². The van der Waals surface area contributed by atoms with Crippen LogP contribution in [0.3, 0.4) is 0 Å². The van der Waals surface area contributed by atoms with Gasteiger partial charge in [0.05, 0.1) is 22.6 Å². The van der Waals surface area contributed by atoms with Crippen LogP contribution in [0, 0.1) is 19.8 Å². The largest absolute Gasteiger partial charge is 0.422 e. The molecule has 2 saturated heterocycles. The maximum atomic E-state index is 12.9. The highest BCUT2D eigenvalue weighted by atomic mass is 16.4. The Labute approximate surface area is 179 Å². The summed E-state index contributed by atoms with van der Waals surface area (Å²) in [5.41, 5.74) is 4.96. The van der Waals surface area contributed by atoms with Crippen LogP contribution < -0.4 is 10.5 Å². The third kappa shape index (κ3) is 2.95. The number of rotatable bonds is 2. The number of likely N-dealkylation sites (N-methyl/N-ethyl adjacent to an activating group) is 1. The maximum absolute atomic E-state index is 12.9. The quantitative estimate of drug-likeness (QED) is 0.468. The van der Waals surface area contributed by atoms with Crippen LogP contribution >= 0.6 is 0 Å². The first-order chi connectivity index (χ1) is 15.0. The van der Waals surface area contributed by atoms with Gasteiger partial charge in [0.25, 0.3) is 0 Å². The van der Waals surface area contributed by atoms with E-state index in [0.717, 1.165) is 47.1 Å². The normalized spacial score (nSPS) is 21.5. The van der Waals surface area contributed by atoms with E-state index >= 15 is 0 Å². The molecule has 0 radical (unpaired) electrons. The monoisotopic (exact) mass is 415 g/mol. The van der Waals surface area contributed by atoms with Gasteiger partial charge in [0.15, 0.2) is 5.65 Å². The van der Waals surface area contributed by atoms with Crippen molar-refractivity contribution >= 4 is 22.3 Å². The number of fused-ring (bicyclic) bond motifs is 3. The second-order valence-electron chi connectivity index (χ2n) is 9.03. The molecule has 3 aromatic heterocycles. The number of aryl methyl sites for hydroxylation is 2. The van der Waals surface area contributed by atoms with Crippen LogP contribution in [0.5, 0.6) is 0 Å². The van der Waals surface area contributed by atoms with Crippen LogP contribution in [0.25, 0.3) is 27.9 Å². The summed E-state index contributed by atoms with van der Waals surface area (Å²) in [4.78, 5) is 26.9. The SMILES string of the molecule is Cc1cn2cc(-c3cc4ccc(N5CCC6CN(C)CC65)cc4oc3=O)nc2c(C)n1. The van der Waals surface area contributed by atoms with E-state index < -0.39 is 0 Å². The average molecular weight is 415 g/mol. The Bertz CT molecular complexity index is 1390. The highest BCUT2D eigenvalue weighted by molar-refractivity contribution is 5.84. The summed E-state index contributed by atoms with van der Waals surface area (Å²) in [5.74, 6) is 0.728. The van der Waals surface area contributed by atoms with Crippen LogP contribution in [0.2, 0.25) is 0 Å². The Morgan fingerprint density at radius 2 is 1.97 bits per heavy atom. The summed E-state index contributed by atoms with van der Waals surface area (Å²) in [5, 5.41) is 0.903. The minimum atomic E-state index is -0.365. The molecule has 2 unspecified atom stereocenters. The topological polar surface area (TPSA) is 66.9 Å². The summed E-state index contributed by atoms with van der Waals surface area (Å²) in [6.07, 6.45) is 5.00. The summed E-state index contributed by atoms with van der Waals surface area (Å²) in [6, 6.07) is 8.65.